The third-order valence-corrected chi connectivity index (χ3v) is 1.72. The Hall–Kier alpha value is -1.79. The molecule has 1 aliphatic carbocycles. The second-order valence-corrected chi connectivity index (χ2v) is 2.44. The first kappa shape index (κ1) is 9.30. The van der Waals surface area contributed by atoms with Gasteiger partial charge in [0.2, 0.25) is 0 Å². The second-order valence-electron chi connectivity index (χ2n) is 2.44. The Labute approximate surface area is 71.7 Å². The minimum atomic E-state index is -2.85. The molecule has 0 aromatic heterocycles. The van der Waals surface area contributed by atoms with E-state index in [-0.39, 0.29) is 0 Å². The van der Waals surface area contributed by atoms with Crippen LogP contribution in [0, 0.1) is 20.2 Å². The molecule has 1 unspecified atom stereocenters. The van der Waals surface area contributed by atoms with Crippen molar-refractivity contribution >= 4 is 0 Å². The summed E-state index contributed by atoms with van der Waals surface area (Å²) < 4.78 is 13.0. The van der Waals surface area contributed by atoms with Gasteiger partial charge in [-0.15, -0.1) is 0 Å². The quantitative estimate of drug-likeness (QED) is 0.362. The van der Waals surface area contributed by atoms with Crippen LogP contribution in [0.5, 0.6) is 0 Å². The number of hydrogen-bond acceptors (Lipinski definition) is 4. The van der Waals surface area contributed by atoms with Crippen molar-refractivity contribution in [3.8, 4) is 0 Å². The van der Waals surface area contributed by atoms with Gasteiger partial charge in [-0.2, -0.15) is 0 Å². The Kier molecular flexibility index (Phi) is 2.09. The molecule has 0 saturated heterocycles. The molecule has 0 heterocycles. The molecule has 0 fully saturated rings. The molecule has 0 aromatic carbocycles. The van der Waals surface area contributed by atoms with Crippen LogP contribution in [0.3, 0.4) is 0 Å². The summed E-state index contributed by atoms with van der Waals surface area (Å²) in [7, 11) is 0. The van der Waals surface area contributed by atoms with E-state index in [0.717, 1.165) is 12.2 Å². The summed E-state index contributed by atoms with van der Waals surface area (Å²) in [5.41, 5.74) is -2.85. The molecule has 7 heteroatoms. The lowest BCUT2D eigenvalue weighted by Gasteiger charge is -2.16. The lowest BCUT2D eigenvalue weighted by atomic mass is 10.0. The average Bonchev–Trinajstić information content (AvgIpc) is 2.04. The summed E-state index contributed by atoms with van der Waals surface area (Å²) in [6.45, 7) is 0. The van der Waals surface area contributed by atoms with Crippen molar-refractivity contribution in [2.75, 3.05) is 0 Å². The molecule has 6 nitrogen and oxygen atoms in total. The minimum absolute atomic E-state index is 0.637. The highest BCUT2D eigenvalue weighted by Crippen LogP contribution is 2.25. The molecule has 1 atom stereocenters. The molecule has 0 amide bonds. The zero-order chi connectivity index (χ0) is 10.1. The van der Waals surface area contributed by atoms with Crippen LogP contribution in [0.2, 0.25) is 0 Å². The van der Waals surface area contributed by atoms with Crippen LogP contribution in [-0.2, 0) is 0 Å². The largest absolute Gasteiger partial charge is 0.511 e. The molecular weight excluding hydrogens is 183 g/mol. The van der Waals surface area contributed by atoms with Gasteiger partial charge in [0, 0.05) is 0 Å². The Bertz CT molecular complexity index is 298. The minimum Gasteiger partial charge on any atom is -0.258 e. The number of rotatable bonds is 2. The van der Waals surface area contributed by atoms with E-state index in [9.17, 15) is 24.6 Å². The summed E-state index contributed by atoms with van der Waals surface area (Å²) in [6.07, 6.45) is 1.46. The molecule has 70 valence electrons. The third-order valence-electron chi connectivity index (χ3n) is 1.72. The molecule has 1 rings (SSSR count). The SMILES string of the molecule is O=[N+]([O-])C1([N+](=O)[O-])C=CC=CC1F. The van der Waals surface area contributed by atoms with Gasteiger partial charge in [0.1, 0.15) is 9.85 Å². The van der Waals surface area contributed by atoms with Crippen LogP contribution in [0.1, 0.15) is 0 Å². The number of allylic oxidation sites excluding steroid dienone is 2. The Morgan fingerprint density at radius 1 is 1.23 bits per heavy atom. The van der Waals surface area contributed by atoms with Gasteiger partial charge < -0.3 is 0 Å². The van der Waals surface area contributed by atoms with E-state index in [4.69, 9.17) is 0 Å². The smallest absolute Gasteiger partial charge is 0.258 e. The van der Waals surface area contributed by atoms with Crippen LogP contribution in [-0.4, -0.2) is 21.7 Å². The van der Waals surface area contributed by atoms with Crippen molar-refractivity contribution in [2.45, 2.75) is 11.8 Å². The maximum Gasteiger partial charge on any atom is 0.511 e. The lowest BCUT2D eigenvalue weighted by Crippen LogP contribution is -2.52. The number of halogens is 1. The lowest BCUT2D eigenvalue weighted by molar-refractivity contribution is -0.786. The Morgan fingerprint density at radius 2 is 1.77 bits per heavy atom. The monoisotopic (exact) mass is 188 g/mol. The molecule has 0 N–H and O–H groups in total. The summed E-state index contributed by atoms with van der Waals surface area (Å²) in [6, 6.07) is 0. The van der Waals surface area contributed by atoms with Crippen molar-refractivity contribution in [1.82, 2.24) is 0 Å². The van der Waals surface area contributed by atoms with Gasteiger partial charge in [-0.1, -0.05) is 12.2 Å². The van der Waals surface area contributed by atoms with Crippen LogP contribution in [0.25, 0.3) is 0 Å². The van der Waals surface area contributed by atoms with Gasteiger partial charge in [-0.3, -0.25) is 20.2 Å². The molecule has 1 aliphatic rings. The van der Waals surface area contributed by atoms with Crippen molar-refractivity contribution < 1.29 is 14.2 Å². The first-order valence-electron chi connectivity index (χ1n) is 3.31. The van der Waals surface area contributed by atoms with Gasteiger partial charge in [0.25, 0.3) is 6.17 Å². The van der Waals surface area contributed by atoms with E-state index in [1.54, 1.807) is 0 Å². The maximum absolute atomic E-state index is 13.0. The second kappa shape index (κ2) is 2.92. The number of nitro groups is 2. The molecule has 0 aliphatic heterocycles. The molecule has 0 aromatic rings. The van der Waals surface area contributed by atoms with E-state index in [0.29, 0.717) is 6.08 Å². The van der Waals surface area contributed by atoms with Crippen LogP contribution in [0.4, 0.5) is 4.39 Å². The van der Waals surface area contributed by atoms with E-state index < -0.39 is 21.7 Å². The normalized spacial score (nSPS) is 24.2. The predicted molar refractivity (Wildman–Crippen MR) is 39.9 cm³/mol. The Balaban J connectivity index is 3.19. The Morgan fingerprint density at radius 3 is 2.08 bits per heavy atom. The molecule has 13 heavy (non-hydrogen) atoms. The number of alkyl halides is 1. The molecule has 0 spiro atoms. The average molecular weight is 188 g/mol. The van der Waals surface area contributed by atoms with Crippen molar-refractivity contribution in [3.63, 3.8) is 0 Å². The van der Waals surface area contributed by atoms with E-state index >= 15 is 0 Å². The fraction of sp³-hybridized carbons (Fsp3) is 0.333. The van der Waals surface area contributed by atoms with Crippen LogP contribution < -0.4 is 0 Å². The fourth-order valence-corrected chi connectivity index (χ4v) is 0.982. The van der Waals surface area contributed by atoms with Gasteiger partial charge in [0.15, 0.2) is 0 Å². The van der Waals surface area contributed by atoms with Crippen molar-refractivity contribution in [3.05, 3.63) is 44.5 Å². The molecule has 0 saturated carbocycles. The highest BCUT2D eigenvalue weighted by atomic mass is 19.1. The topological polar surface area (TPSA) is 86.3 Å². The molecule has 0 bridgehead atoms. The summed E-state index contributed by atoms with van der Waals surface area (Å²) >= 11 is 0. The van der Waals surface area contributed by atoms with E-state index in [1.165, 1.54) is 6.08 Å². The molecular formula is C6H5FN2O4. The number of hydrogen-bond donors (Lipinski definition) is 0. The number of nitrogens with zero attached hydrogens (tertiary/aromatic N) is 2. The van der Waals surface area contributed by atoms with Crippen LogP contribution in [0.15, 0.2) is 24.3 Å². The first-order chi connectivity index (χ1) is 6.01. The zero-order valence-corrected chi connectivity index (χ0v) is 6.29. The van der Waals surface area contributed by atoms with Crippen molar-refractivity contribution in [1.29, 1.82) is 0 Å². The summed E-state index contributed by atoms with van der Waals surface area (Å²) in [5, 5.41) is 20.7. The summed E-state index contributed by atoms with van der Waals surface area (Å²) in [5.74, 6) is 0. The predicted octanol–water partition coefficient (Wildman–Crippen LogP) is 0.700. The van der Waals surface area contributed by atoms with Gasteiger partial charge >= 0.3 is 5.66 Å². The van der Waals surface area contributed by atoms with E-state index in [2.05, 4.69) is 0 Å². The highest BCUT2D eigenvalue weighted by Gasteiger charge is 2.61. The first-order valence-corrected chi connectivity index (χ1v) is 3.31. The molecule has 0 radical (unpaired) electrons. The third kappa shape index (κ3) is 1.17. The highest BCUT2D eigenvalue weighted by molar-refractivity contribution is 5.19. The maximum atomic E-state index is 13.0. The van der Waals surface area contributed by atoms with Gasteiger partial charge in [-0.25, -0.2) is 4.39 Å². The van der Waals surface area contributed by atoms with Crippen LogP contribution >= 0.6 is 0 Å². The fourth-order valence-electron chi connectivity index (χ4n) is 0.982. The van der Waals surface area contributed by atoms with Crippen molar-refractivity contribution in [2.24, 2.45) is 0 Å². The summed E-state index contributed by atoms with van der Waals surface area (Å²) in [4.78, 5) is 18.3. The standard InChI is InChI=1S/C6H5FN2O4/c7-5-3-1-2-4-6(5,8(10)11)9(12)13/h1-5H. The van der Waals surface area contributed by atoms with E-state index in [1.807, 2.05) is 0 Å². The van der Waals surface area contributed by atoms with Gasteiger partial charge in [0.05, 0.1) is 6.08 Å². The zero-order valence-electron chi connectivity index (χ0n) is 6.29. The van der Waals surface area contributed by atoms with Gasteiger partial charge in [-0.05, 0) is 6.08 Å².